The van der Waals surface area contributed by atoms with E-state index < -0.39 is 11.7 Å². The molecule has 0 aliphatic carbocycles. The number of fused-ring (bicyclic) bond motifs is 1. The number of carbonyl (C=O) groups excluding carboxylic acids is 2. The lowest BCUT2D eigenvalue weighted by atomic mass is 9.89. The zero-order chi connectivity index (χ0) is 29.3. The summed E-state index contributed by atoms with van der Waals surface area (Å²) < 4.78 is 44.5. The molecule has 0 saturated carbocycles. The van der Waals surface area contributed by atoms with E-state index in [-0.39, 0.29) is 23.6 Å². The summed E-state index contributed by atoms with van der Waals surface area (Å²) in [5, 5.41) is 3.86. The Morgan fingerprint density at radius 1 is 0.929 bits per heavy atom. The van der Waals surface area contributed by atoms with Crippen molar-refractivity contribution in [1.82, 2.24) is 15.2 Å². The minimum Gasteiger partial charge on any atom is -0.451 e. The van der Waals surface area contributed by atoms with Gasteiger partial charge in [-0.05, 0) is 91.8 Å². The van der Waals surface area contributed by atoms with Crippen molar-refractivity contribution in [2.24, 2.45) is 5.92 Å². The van der Waals surface area contributed by atoms with Crippen molar-refractivity contribution < 1.29 is 27.2 Å². The molecule has 0 radical (unpaired) electrons. The smallest absolute Gasteiger partial charge is 0.416 e. The van der Waals surface area contributed by atoms with Crippen LogP contribution in [0.2, 0.25) is 0 Å². The van der Waals surface area contributed by atoms with Gasteiger partial charge in [0.1, 0.15) is 5.58 Å². The molecule has 4 aromatic rings. The van der Waals surface area contributed by atoms with Gasteiger partial charge in [-0.1, -0.05) is 6.07 Å². The minimum atomic E-state index is -4.33. The molecule has 218 valence electrons. The number of hydrogen-bond acceptors (Lipinski definition) is 5. The molecule has 6 rings (SSSR count). The summed E-state index contributed by atoms with van der Waals surface area (Å²) in [6.45, 7) is 2.59. The molecule has 2 aliphatic rings. The molecule has 2 aromatic heterocycles. The van der Waals surface area contributed by atoms with Crippen LogP contribution >= 0.6 is 0 Å². The fourth-order valence-corrected chi connectivity index (χ4v) is 5.92. The standard InChI is InChI=1S/C32H31F3N4O3/c33-32(34,35)25-2-4-27(5-3-25)38-14-9-21(10-15-38)17-22-1-6-28-24(18-22)19-29(42-28)30(40)37-26-11-16-39(20-26)31(41)23-7-12-36-13-8-23/h1-8,12-13,18-19,21,26H,9-11,14-17,20H2,(H,37,40)/t26-/m1/s1. The molecule has 4 heterocycles. The van der Waals surface area contributed by atoms with Crippen LogP contribution in [-0.2, 0) is 12.6 Å². The van der Waals surface area contributed by atoms with Gasteiger partial charge in [0.2, 0.25) is 0 Å². The molecular formula is C32H31F3N4O3. The predicted octanol–water partition coefficient (Wildman–Crippen LogP) is 5.95. The van der Waals surface area contributed by atoms with Gasteiger partial charge in [0.25, 0.3) is 11.8 Å². The quantitative estimate of drug-likeness (QED) is 0.307. The lowest BCUT2D eigenvalue weighted by Gasteiger charge is -2.34. The van der Waals surface area contributed by atoms with Crippen LogP contribution in [0.1, 0.15) is 51.3 Å². The van der Waals surface area contributed by atoms with Crippen molar-refractivity contribution in [1.29, 1.82) is 0 Å². The molecule has 2 amide bonds. The molecule has 2 aliphatic heterocycles. The molecule has 2 fully saturated rings. The first-order valence-corrected chi connectivity index (χ1v) is 14.2. The van der Waals surface area contributed by atoms with Crippen molar-refractivity contribution in [3.05, 3.63) is 95.5 Å². The summed E-state index contributed by atoms with van der Waals surface area (Å²) >= 11 is 0. The maximum absolute atomic E-state index is 13.0. The van der Waals surface area contributed by atoms with Gasteiger partial charge in [-0.3, -0.25) is 14.6 Å². The van der Waals surface area contributed by atoms with Crippen LogP contribution in [0, 0.1) is 5.92 Å². The van der Waals surface area contributed by atoms with Crippen LogP contribution in [0.15, 0.2) is 77.5 Å². The van der Waals surface area contributed by atoms with Gasteiger partial charge in [0.05, 0.1) is 5.56 Å². The number of piperidine rings is 1. The molecule has 0 unspecified atom stereocenters. The number of amides is 2. The van der Waals surface area contributed by atoms with E-state index >= 15 is 0 Å². The van der Waals surface area contributed by atoms with Gasteiger partial charge >= 0.3 is 6.18 Å². The third kappa shape index (κ3) is 6.12. The number of aromatic nitrogens is 1. The Bertz CT molecular complexity index is 1560. The molecular weight excluding hydrogens is 545 g/mol. The number of nitrogens with zero attached hydrogens (tertiary/aromatic N) is 3. The van der Waals surface area contributed by atoms with Crippen LogP contribution in [0.4, 0.5) is 18.9 Å². The minimum absolute atomic E-state index is 0.0734. The molecule has 1 N–H and O–H groups in total. The normalized spacial score (nSPS) is 18.0. The SMILES string of the molecule is O=C(N[C@@H]1CCN(C(=O)c2ccncc2)C1)c1cc2cc(CC3CCN(c4ccc(C(F)(F)F)cc4)CC3)ccc2o1. The molecule has 1 atom stereocenters. The van der Waals surface area contributed by atoms with Crippen molar-refractivity contribution in [2.75, 3.05) is 31.1 Å². The largest absolute Gasteiger partial charge is 0.451 e. The number of anilines is 1. The third-order valence-corrected chi connectivity index (χ3v) is 8.24. The van der Waals surface area contributed by atoms with Crippen molar-refractivity contribution in [3.8, 4) is 0 Å². The second-order valence-electron chi connectivity index (χ2n) is 11.1. The summed E-state index contributed by atoms with van der Waals surface area (Å²) in [6, 6.07) is 16.3. The lowest BCUT2D eigenvalue weighted by Crippen LogP contribution is -2.38. The molecule has 2 aromatic carbocycles. The molecule has 10 heteroatoms. The summed E-state index contributed by atoms with van der Waals surface area (Å²) in [7, 11) is 0. The number of furan rings is 1. The number of halogens is 3. The van der Waals surface area contributed by atoms with Crippen molar-refractivity contribution >= 4 is 28.5 Å². The van der Waals surface area contributed by atoms with E-state index in [0.717, 1.165) is 61.1 Å². The Morgan fingerprint density at radius 3 is 2.38 bits per heavy atom. The first-order chi connectivity index (χ1) is 20.2. The third-order valence-electron chi connectivity index (χ3n) is 8.24. The number of pyridine rings is 1. The van der Waals surface area contributed by atoms with Crippen LogP contribution in [0.25, 0.3) is 11.0 Å². The predicted molar refractivity (Wildman–Crippen MR) is 152 cm³/mol. The number of rotatable bonds is 6. The zero-order valence-electron chi connectivity index (χ0n) is 22.9. The van der Waals surface area contributed by atoms with E-state index in [2.05, 4.69) is 21.3 Å². The van der Waals surface area contributed by atoms with E-state index in [9.17, 15) is 22.8 Å². The number of carbonyl (C=O) groups is 2. The Labute approximate surface area is 241 Å². The van der Waals surface area contributed by atoms with E-state index in [1.807, 2.05) is 12.1 Å². The highest BCUT2D eigenvalue weighted by Crippen LogP contribution is 2.32. The van der Waals surface area contributed by atoms with Gasteiger partial charge in [-0.15, -0.1) is 0 Å². The average Bonchev–Trinajstić information content (AvgIpc) is 3.64. The summed E-state index contributed by atoms with van der Waals surface area (Å²) in [6.07, 6.45) is 2.29. The van der Waals surface area contributed by atoms with Gasteiger partial charge in [-0.25, -0.2) is 0 Å². The van der Waals surface area contributed by atoms with Crippen molar-refractivity contribution in [3.63, 3.8) is 0 Å². The second kappa shape index (κ2) is 11.5. The fourth-order valence-electron chi connectivity index (χ4n) is 5.92. The number of nitrogens with one attached hydrogen (secondary N) is 1. The van der Waals surface area contributed by atoms with Crippen LogP contribution < -0.4 is 10.2 Å². The Hall–Kier alpha value is -4.34. The average molecular weight is 577 g/mol. The summed E-state index contributed by atoms with van der Waals surface area (Å²) in [5.74, 6) is 0.330. The number of hydrogen-bond donors (Lipinski definition) is 1. The topological polar surface area (TPSA) is 78.7 Å². The maximum Gasteiger partial charge on any atom is 0.416 e. The lowest BCUT2D eigenvalue weighted by molar-refractivity contribution is -0.137. The van der Waals surface area contributed by atoms with E-state index in [1.165, 1.54) is 0 Å². The number of likely N-dealkylation sites (tertiary alicyclic amines) is 1. The highest BCUT2D eigenvalue weighted by atomic mass is 19.4. The fraction of sp³-hybridized carbons (Fsp3) is 0.344. The molecule has 0 spiro atoms. The first kappa shape index (κ1) is 27.8. The van der Waals surface area contributed by atoms with Crippen LogP contribution in [0.3, 0.4) is 0 Å². The highest BCUT2D eigenvalue weighted by molar-refractivity contribution is 5.97. The first-order valence-electron chi connectivity index (χ1n) is 14.2. The molecule has 0 bridgehead atoms. The number of alkyl halides is 3. The van der Waals surface area contributed by atoms with Crippen molar-refractivity contribution in [2.45, 2.75) is 37.9 Å². The summed E-state index contributed by atoms with van der Waals surface area (Å²) in [5.41, 5.74) is 2.56. The van der Waals surface area contributed by atoms with E-state index in [4.69, 9.17) is 4.42 Å². The van der Waals surface area contributed by atoms with Gasteiger partial charge < -0.3 is 19.5 Å². The zero-order valence-corrected chi connectivity index (χ0v) is 22.9. The van der Waals surface area contributed by atoms with Gasteiger partial charge in [0.15, 0.2) is 5.76 Å². The Balaban J connectivity index is 1.02. The van der Waals surface area contributed by atoms with Crippen LogP contribution in [0.5, 0.6) is 0 Å². The second-order valence-corrected chi connectivity index (χ2v) is 11.1. The molecule has 42 heavy (non-hydrogen) atoms. The van der Waals surface area contributed by atoms with E-state index in [1.54, 1.807) is 47.6 Å². The monoisotopic (exact) mass is 576 g/mol. The maximum atomic E-state index is 13.0. The Kier molecular flexibility index (Phi) is 7.62. The van der Waals surface area contributed by atoms with Crippen LogP contribution in [-0.4, -0.2) is 53.9 Å². The van der Waals surface area contributed by atoms with Gasteiger partial charge in [-0.2, -0.15) is 13.2 Å². The highest BCUT2D eigenvalue weighted by Gasteiger charge is 2.31. The molecule has 2 saturated heterocycles. The van der Waals surface area contributed by atoms with E-state index in [0.29, 0.717) is 36.6 Å². The molecule has 7 nitrogen and oxygen atoms in total. The van der Waals surface area contributed by atoms with Gasteiger partial charge in [0, 0.05) is 61.3 Å². The summed E-state index contributed by atoms with van der Waals surface area (Å²) in [4.78, 5) is 33.5. The Morgan fingerprint density at radius 2 is 1.67 bits per heavy atom. The number of benzene rings is 2.